The molecule has 2 aromatic carbocycles. The van der Waals surface area contributed by atoms with Crippen molar-refractivity contribution in [2.45, 2.75) is 70.0 Å². The summed E-state index contributed by atoms with van der Waals surface area (Å²) in [7, 11) is 1.57. The third kappa shape index (κ3) is 5.81. The van der Waals surface area contributed by atoms with Crippen molar-refractivity contribution < 1.29 is 14.4 Å². The average Bonchev–Trinajstić information content (AvgIpc) is 3.49. The van der Waals surface area contributed by atoms with Crippen LogP contribution >= 0.6 is 0 Å². The van der Waals surface area contributed by atoms with Crippen LogP contribution in [0.2, 0.25) is 0 Å². The molecule has 1 fully saturated rings. The maximum absolute atomic E-state index is 13.1. The lowest BCUT2D eigenvalue weighted by atomic mass is 9.98. The minimum atomic E-state index is -0.615. The number of unbranched alkanes of at least 4 members (excludes halogenated alkanes) is 2. The van der Waals surface area contributed by atoms with Crippen LogP contribution in [0.3, 0.4) is 0 Å². The molecular formula is C29H37N3O3. The van der Waals surface area contributed by atoms with Crippen LogP contribution in [0.1, 0.15) is 78.0 Å². The molecule has 35 heavy (non-hydrogen) atoms. The van der Waals surface area contributed by atoms with Gasteiger partial charge in [-0.05, 0) is 74.4 Å². The Kier molecular flexibility index (Phi) is 8.69. The van der Waals surface area contributed by atoms with Crippen molar-refractivity contribution in [3.63, 3.8) is 0 Å². The smallest absolute Gasteiger partial charge is 0.255 e. The van der Waals surface area contributed by atoms with E-state index in [4.69, 9.17) is 0 Å². The molecule has 1 N–H and O–H groups in total. The quantitative estimate of drug-likeness (QED) is 0.367. The highest BCUT2D eigenvalue weighted by molar-refractivity contribution is 6.01. The Hall–Kier alpha value is -2.99. The molecule has 2 aromatic rings. The normalized spacial score (nSPS) is 18.5. The Labute approximate surface area is 208 Å². The zero-order chi connectivity index (χ0) is 24.6. The molecule has 0 bridgehead atoms. The molecule has 2 aliphatic heterocycles. The number of carbonyl (C=O) groups is 3. The van der Waals surface area contributed by atoms with Gasteiger partial charge in [-0.1, -0.05) is 48.9 Å². The molecule has 2 atom stereocenters. The minimum absolute atomic E-state index is 0.109. The number of hydrogen-bond acceptors (Lipinski definition) is 4. The molecule has 0 saturated carbocycles. The lowest BCUT2D eigenvalue weighted by molar-refractivity contribution is -0.125. The van der Waals surface area contributed by atoms with E-state index in [9.17, 15) is 14.4 Å². The van der Waals surface area contributed by atoms with Gasteiger partial charge in [0.1, 0.15) is 12.3 Å². The second-order valence-electron chi connectivity index (χ2n) is 9.67. The molecule has 6 heteroatoms. The molecule has 1 saturated heterocycles. The van der Waals surface area contributed by atoms with E-state index in [1.807, 2.05) is 12.1 Å². The van der Waals surface area contributed by atoms with Crippen LogP contribution in [0.5, 0.6) is 0 Å². The molecule has 186 valence electrons. The molecule has 2 amide bonds. The first-order chi connectivity index (χ1) is 17.1. The molecule has 2 aliphatic rings. The highest BCUT2D eigenvalue weighted by Gasteiger charge is 2.36. The van der Waals surface area contributed by atoms with E-state index in [-0.39, 0.29) is 18.2 Å². The number of likely N-dealkylation sites (tertiary alicyclic amines) is 1. The average molecular weight is 476 g/mol. The number of hydrogen-bond donors (Lipinski definition) is 1. The van der Waals surface area contributed by atoms with Gasteiger partial charge in [0, 0.05) is 31.6 Å². The summed E-state index contributed by atoms with van der Waals surface area (Å²) in [6, 6.07) is 16.7. The molecule has 2 heterocycles. The van der Waals surface area contributed by atoms with Gasteiger partial charge in [-0.25, -0.2) is 0 Å². The second kappa shape index (κ2) is 12.1. The van der Waals surface area contributed by atoms with Gasteiger partial charge in [0.15, 0.2) is 0 Å². The fraction of sp³-hybridized carbons (Fsp3) is 0.483. The third-order valence-corrected chi connectivity index (χ3v) is 7.52. The van der Waals surface area contributed by atoms with Gasteiger partial charge < -0.3 is 15.0 Å². The van der Waals surface area contributed by atoms with Crippen LogP contribution in [-0.2, 0) is 22.6 Å². The van der Waals surface area contributed by atoms with E-state index < -0.39 is 6.04 Å². The number of aryl methyl sites for hydroxylation is 1. The van der Waals surface area contributed by atoms with Crippen molar-refractivity contribution in [3.05, 3.63) is 70.8 Å². The number of likely N-dealkylation sites (N-methyl/N-ethyl adjacent to an activating group) is 1. The summed E-state index contributed by atoms with van der Waals surface area (Å²) in [6.45, 7) is 2.75. The topological polar surface area (TPSA) is 69.7 Å². The Morgan fingerprint density at radius 2 is 1.94 bits per heavy atom. The van der Waals surface area contributed by atoms with Crippen molar-refractivity contribution in [2.24, 2.45) is 0 Å². The van der Waals surface area contributed by atoms with E-state index in [1.165, 1.54) is 36.9 Å². The number of nitrogens with one attached hydrogen (secondary N) is 1. The zero-order valence-corrected chi connectivity index (χ0v) is 20.7. The monoisotopic (exact) mass is 475 g/mol. The minimum Gasteiger partial charge on any atom is -0.357 e. The maximum atomic E-state index is 13.1. The van der Waals surface area contributed by atoms with Crippen LogP contribution < -0.4 is 5.32 Å². The first kappa shape index (κ1) is 25.1. The molecule has 2 unspecified atom stereocenters. The number of benzene rings is 2. The van der Waals surface area contributed by atoms with Gasteiger partial charge in [-0.15, -0.1) is 0 Å². The van der Waals surface area contributed by atoms with Crippen molar-refractivity contribution in [1.29, 1.82) is 0 Å². The molecule has 6 nitrogen and oxygen atoms in total. The Morgan fingerprint density at radius 1 is 1.11 bits per heavy atom. The van der Waals surface area contributed by atoms with Crippen LogP contribution in [0, 0.1) is 0 Å². The first-order valence-corrected chi connectivity index (χ1v) is 13.0. The Balaban J connectivity index is 1.31. The number of rotatable bonds is 12. The summed E-state index contributed by atoms with van der Waals surface area (Å²) in [5, 5.41) is 2.64. The number of amides is 2. The summed E-state index contributed by atoms with van der Waals surface area (Å²) in [6.07, 6.45) is 8.27. The van der Waals surface area contributed by atoms with Gasteiger partial charge in [0.2, 0.25) is 5.91 Å². The summed E-state index contributed by atoms with van der Waals surface area (Å²) in [5.41, 5.74) is 4.38. The van der Waals surface area contributed by atoms with Crippen LogP contribution in [0.4, 0.5) is 0 Å². The number of carbonyl (C=O) groups excluding carboxylic acids is 3. The molecule has 0 spiro atoms. The summed E-state index contributed by atoms with van der Waals surface area (Å²) < 4.78 is 0. The van der Waals surface area contributed by atoms with Crippen molar-refractivity contribution >= 4 is 18.1 Å². The summed E-state index contributed by atoms with van der Waals surface area (Å²) >= 11 is 0. The Morgan fingerprint density at radius 3 is 2.71 bits per heavy atom. The first-order valence-electron chi connectivity index (χ1n) is 13.0. The molecule has 4 rings (SSSR count). The fourth-order valence-electron chi connectivity index (χ4n) is 5.68. The fourth-order valence-corrected chi connectivity index (χ4v) is 5.68. The molecule has 0 radical (unpaired) electrons. The standard InChI is InChI=1S/C29H37N3O3/c1-30-28(34)27(17-10-20-33)32-21-25-22(14-8-15-24(25)29(32)35)11-6-3-7-18-31-19-9-16-26(31)23-12-4-2-5-13-23/h2,4-5,8,12-15,20,26-27H,3,6-7,9-11,16-19,21H2,1H3,(H,30,34). The molecular weight excluding hydrogens is 438 g/mol. The van der Waals surface area contributed by atoms with Gasteiger partial charge in [0.25, 0.3) is 5.91 Å². The predicted molar refractivity (Wildman–Crippen MR) is 137 cm³/mol. The lowest BCUT2D eigenvalue weighted by Gasteiger charge is -2.26. The zero-order valence-electron chi connectivity index (χ0n) is 20.7. The van der Waals surface area contributed by atoms with Crippen LogP contribution in [0.15, 0.2) is 48.5 Å². The third-order valence-electron chi connectivity index (χ3n) is 7.52. The van der Waals surface area contributed by atoms with Gasteiger partial charge in [-0.3, -0.25) is 14.5 Å². The van der Waals surface area contributed by atoms with E-state index >= 15 is 0 Å². The summed E-state index contributed by atoms with van der Waals surface area (Å²) in [4.78, 5) is 40.7. The van der Waals surface area contributed by atoms with Crippen molar-refractivity contribution in [2.75, 3.05) is 20.1 Å². The largest absolute Gasteiger partial charge is 0.357 e. The predicted octanol–water partition coefficient (Wildman–Crippen LogP) is 4.29. The lowest BCUT2D eigenvalue weighted by Crippen LogP contribution is -2.46. The number of nitrogens with zero attached hydrogens (tertiary/aromatic N) is 2. The van der Waals surface area contributed by atoms with Crippen LogP contribution in [0.25, 0.3) is 0 Å². The Bertz CT molecular complexity index is 1020. The van der Waals surface area contributed by atoms with E-state index in [2.05, 4.69) is 46.6 Å². The van der Waals surface area contributed by atoms with E-state index in [0.717, 1.165) is 37.7 Å². The molecule has 0 aromatic heterocycles. The van der Waals surface area contributed by atoms with Crippen molar-refractivity contribution in [1.82, 2.24) is 15.1 Å². The highest BCUT2D eigenvalue weighted by atomic mass is 16.2. The molecule has 0 aliphatic carbocycles. The number of aldehydes is 1. The highest BCUT2D eigenvalue weighted by Crippen LogP contribution is 2.32. The second-order valence-corrected chi connectivity index (χ2v) is 9.67. The maximum Gasteiger partial charge on any atom is 0.255 e. The van der Waals surface area contributed by atoms with Gasteiger partial charge in [0.05, 0.1) is 0 Å². The van der Waals surface area contributed by atoms with Crippen molar-refractivity contribution in [3.8, 4) is 0 Å². The SMILES string of the molecule is CNC(=O)C(CCC=O)N1Cc2c(CCCCCN3CCCC3c3ccccc3)cccc2C1=O. The van der Waals surface area contributed by atoms with Gasteiger partial charge >= 0.3 is 0 Å². The van der Waals surface area contributed by atoms with E-state index in [1.54, 1.807) is 11.9 Å². The van der Waals surface area contributed by atoms with E-state index in [0.29, 0.717) is 24.6 Å². The number of fused-ring (bicyclic) bond motifs is 1. The summed E-state index contributed by atoms with van der Waals surface area (Å²) in [5.74, 6) is -0.326. The van der Waals surface area contributed by atoms with Gasteiger partial charge in [-0.2, -0.15) is 0 Å². The van der Waals surface area contributed by atoms with Crippen LogP contribution in [-0.4, -0.2) is 54.1 Å².